The predicted octanol–water partition coefficient (Wildman–Crippen LogP) is 3.72. The number of fused-ring (bicyclic) bond motifs is 1. The highest BCUT2D eigenvalue weighted by molar-refractivity contribution is 7.07. The number of benzene rings is 2. The fourth-order valence-electron chi connectivity index (χ4n) is 3.42. The molecule has 0 aliphatic carbocycles. The van der Waals surface area contributed by atoms with Gasteiger partial charge in [-0.2, -0.15) is 0 Å². The van der Waals surface area contributed by atoms with Crippen LogP contribution in [0.25, 0.3) is 6.08 Å². The van der Waals surface area contributed by atoms with Crippen LogP contribution in [0, 0.1) is 0 Å². The molecule has 0 bridgehead atoms. The smallest absolute Gasteiger partial charge is 0.338 e. The number of nitrogens with zero attached hydrogens (tertiary/aromatic N) is 2. The van der Waals surface area contributed by atoms with Crippen molar-refractivity contribution in [2.75, 3.05) is 7.11 Å². The lowest BCUT2D eigenvalue weighted by molar-refractivity contribution is -0.136. The van der Waals surface area contributed by atoms with Crippen molar-refractivity contribution in [2.24, 2.45) is 4.99 Å². The molecule has 0 saturated heterocycles. The van der Waals surface area contributed by atoms with Gasteiger partial charge in [-0.3, -0.25) is 9.36 Å². The Bertz CT molecular complexity index is 1370. The third kappa shape index (κ3) is 3.51. The Morgan fingerprint density at radius 3 is 2.47 bits per heavy atom. The van der Waals surface area contributed by atoms with Crippen LogP contribution in [-0.2, 0) is 9.53 Å². The van der Waals surface area contributed by atoms with Crippen LogP contribution in [0.5, 0.6) is 0 Å². The highest BCUT2D eigenvalue weighted by atomic mass is 35.5. The number of aromatic nitrogens is 1. The van der Waals surface area contributed by atoms with E-state index in [0.717, 1.165) is 5.56 Å². The zero-order chi connectivity index (χ0) is 21.4. The average Bonchev–Trinajstić information content (AvgIpc) is 3.03. The zero-order valence-electron chi connectivity index (χ0n) is 16.1. The third-order valence-corrected chi connectivity index (χ3v) is 6.49. The van der Waals surface area contributed by atoms with Crippen LogP contribution in [0.4, 0.5) is 0 Å². The van der Waals surface area contributed by atoms with E-state index in [0.29, 0.717) is 30.6 Å². The second-order valence-electron chi connectivity index (χ2n) is 6.62. The van der Waals surface area contributed by atoms with Crippen LogP contribution in [0.15, 0.2) is 69.6 Å². The summed E-state index contributed by atoms with van der Waals surface area (Å²) in [7, 11) is 1.30. The topological polar surface area (TPSA) is 60.7 Å². The molecular formula is C22H16Cl2N2O3S. The number of carbonyl (C=O) groups excluding carboxylic acids is 1. The SMILES string of the molecule is COC(=O)C1=C(C)N=c2s/c(=C/c3ccccc3Cl)c(=O)n2[C@@H]1c1ccccc1Cl. The van der Waals surface area contributed by atoms with E-state index >= 15 is 0 Å². The summed E-state index contributed by atoms with van der Waals surface area (Å²) in [6.07, 6.45) is 1.73. The minimum absolute atomic E-state index is 0.280. The van der Waals surface area contributed by atoms with Gasteiger partial charge in [0.15, 0.2) is 4.80 Å². The minimum atomic E-state index is -0.740. The number of allylic oxidation sites excluding steroid dienone is 1. The summed E-state index contributed by atoms with van der Waals surface area (Å²) in [6.45, 7) is 1.72. The predicted molar refractivity (Wildman–Crippen MR) is 119 cm³/mol. The summed E-state index contributed by atoms with van der Waals surface area (Å²) in [5.41, 5.74) is 1.83. The van der Waals surface area contributed by atoms with Gasteiger partial charge >= 0.3 is 5.97 Å². The number of esters is 1. The quantitative estimate of drug-likeness (QED) is 0.561. The van der Waals surface area contributed by atoms with Gasteiger partial charge in [0.2, 0.25) is 0 Å². The van der Waals surface area contributed by atoms with E-state index < -0.39 is 12.0 Å². The Balaban J connectivity index is 2.03. The first-order valence-electron chi connectivity index (χ1n) is 9.02. The van der Waals surface area contributed by atoms with Crippen molar-refractivity contribution < 1.29 is 9.53 Å². The van der Waals surface area contributed by atoms with E-state index in [1.807, 2.05) is 24.3 Å². The van der Waals surface area contributed by atoms with Gasteiger partial charge < -0.3 is 4.74 Å². The van der Waals surface area contributed by atoms with Crippen molar-refractivity contribution in [1.82, 2.24) is 4.57 Å². The summed E-state index contributed by atoms with van der Waals surface area (Å²) in [4.78, 5) is 31.0. The van der Waals surface area contributed by atoms with E-state index in [-0.39, 0.29) is 11.1 Å². The molecule has 5 nitrogen and oxygen atoms in total. The summed E-state index contributed by atoms with van der Waals surface area (Å²) in [5, 5.41) is 0.983. The van der Waals surface area contributed by atoms with E-state index in [1.165, 1.54) is 23.0 Å². The number of ether oxygens (including phenoxy) is 1. The van der Waals surface area contributed by atoms with E-state index in [2.05, 4.69) is 4.99 Å². The van der Waals surface area contributed by atoms with Gasteiger partial charge in [-0.05, 0) is 36.3 Å². The van der Waals surface area contributed by atoms with Crippen LogP contribution >= 0.6 is 34.5 Å². The maximum atomic E-state index is 13.4. The van der Waals surface area contributed by atoms with Gasteiger partial charge in [0, 0.05) is 10.0 Å². The van der Waals surface area contributed by atoms with Crippen molar-refractivity contribution >= 4 is 46.6 Å². The molecule has 0 saturated carbocycles. The van der Waals surface area contributed by atoms with Gasteiger partial charge in [-0.25, -0.2) is 9.79 Å². The lowest BCUT2D eigenvalue weighted by atomic mass is 9.96. The molecule has 30 heavy (non-hydrogen) atoms. The molecule has 0 unspecified atom stereocenters. The molecular weight excluding hydrogens is 443 g/mol. The first kappa shape index (κ1) is 20.6. The van der Waals surface area contributed by atoms with E-state index in [9.17, 15) is 9.59 Å². The Labute approximate surface area is 186 Å². The monoisotopic (exact) mass is 458 g/mol. The highest BCUT2D eigenvalue weighted by Gasteiger charge is 2.34. The number of carbonyl (C=O) groups is 1. The van der Waals surface area contributed by atoms with Crippen LogP contribution in [0.2, 0.25) is 10.0 Å². The van der Waals surface area contributed by atoms with Crippen LogP contribution < -0.4 is 14.9 Å². The molecule has 1 atom stereocenters. The summed E-state index contributed by atoms with van der Waals surface area (Å²) >= 11 is 13.9. The second kappa shape index (κ2) is 8.22. The lowest BCUT2D eigenvalue weighted by Gasteiger charge is -2.25. The molecule has 2 aromatic carbocycles. The molecule has 1 aromatic heterocycles. The molecule has 0 amide bonds. The maximum absolute atomic E-state index is 13.4. The highest BCUT2D eigenvalue weighted by Crippen LogP contribution is 2.34. The van der Waals surface area contributed by atoms with Gasteiger partial charge in [-0.1, -0.05) is 70.9 Å². The van der Waals surface area contributed by atoms with E-state index in [1.54, 1.807) is 37.3 Å². The summed E-state index contributed by atoms with van der Waals surface area (Å²) < 4.78 is 6.94. The fraction of sp³-hybridized carbons (Fsp3) is 0.136. The van der Waals surface area contributed by atoms with Crippen LogP contribution in [-0.4, -0.2) is 17.6 Å². The number of hydrogen-bond acceptors (Lipinski definition) is 5. The molecule has 1 aliphatic rings. The zero-order valence-corrected chi connectivity index (χ0v) is 18.4. The third-order valence-electron chi connectivity index (χ3n) is 4.82. The van der Waals surface area contributed by atoms with Gasteiger partial charge in [0.1, 0.15) is 6.04 Å². The molecule has 2 heterocycles. The first-order chi connectivity index (χ1) is 14.4. The minimum Gasteiger partial charge on any atom is -0.466 e. The lowest BCUT2D eigenvalue weighted by Crippen LogP contribution is -2.39. The molecule has 3 aromatic rings. The van der Waals surface area contributed by atoms with Crippen molar-refractivity contribution in [2.45, 2.75) is 13.0 Å². The molecule has 4 rings (SSSR count). The second-order valence-corrected chi connectivity index (χ2v) is 8.44. The standard InChI is InChI=1S/C22H16Cl2N2O3S/c1-12-18(21(28)29-2)19(14-8-4-6-10-16(14)24)26-20(27)17(30-22(26)25-12)11-13-7-3-5-9-15(13)23/h3-11,19H,1-2H3/b17-11+/t19-/m1/s1. The molecule has 0 spiro atoms. The molecule has 0 N–H and O–H groups in total. The van der Waals surface area contributed by atoms with Gasteiger partial charge in [-0.15, -0.1) is 0 Å². The average molecular weight is 459 g/mol. The normalized spacial score (nSPS) is 16.3. The summed E-state index contributed by atoms with van der Waals surface area (Å²) in [6, 6.07) is 13.6. The summed E-state index contributed by atoms with van der Waals surface area (Å²) in [5.74, 6) is -0.554. The molecule has 8 heteroatoms. The van der Waals surface area contributed by atoms with Crippen molar-refractivity contribution in [1.29, 1.82) is 0 Å². The number of methoxy groups -OCH3 is 1. The van der Waals surface area contributed by atoms with Gasteiger partial charge in [0.05, 0.1) is 22.9 Å². The number of halogens is 2. The Morgan fingerprint density at radius 2 is 1.80 bits per heavy atom. The molecule has 1 aliphatic heterocycles. The van der Waals surface area contributed by atoms with Crippen molar-refractivity contribution in [3.63, 3.8) is 0 Å². The van der Waals surface area contributed by atoms with Crippen molar-refractivity contribution in [3.8, 4) is 0 Å². The molecule has 152 valence electrons. The molecule has 0 radical (unpaired) electrons. The number of hydrogen-bond donors (Lipinski definition) is 0. The van der Waals surface area contributed by atoms with Crippen LogP contribution in [0.1, 0.15) is 24.1 Å². The van der Waals surface area contributed by atoms with Gasteiger partial charge in [0.25, 0.3) is 5.56 Å². The van der Waals surface area contributed by atoms with E-state index in [4.69, 9.17) is 27.9 Å². The van der Waals surface area contributed by atoms with Crippen LogP contribution in [0.3, 0.4) is 0 Å². The molecule has 0 fully saturated rings. The largest absolute Gasteiger partial charge is 0.466 e. The fourth-order valence-corrected chi connectivity index (χ4v) is 4.88. The Morgan fingerprint density at radius 1 is 1.13 bits per heavy atom. The Hall–Kier alpha value is -2.67. The Kier molecular flexibility index (Phi) is 5.64. The maximum Gasteiger partial charge on any atom is 0.338 e. The first-order valence-corrected chi connectivity index (χ1v) is 10.6. The number of thiazole rings is 1. The number of rotatable bonds is 3. The van der Waals surface area contributed by atoms with Crippen molar-refractivity contribution in [3.05, 3.63) is 101 Å².